The molecule has 0 radical (unpaired) electrons. The Hall–Kier alpha value is -4.04. The molecule has 1 fully saturated rings. The van der Waals surface area contributed by atoms with Gasteiger partial charge in [-0.05, 0) is 43.2 Å². The summed E-state index contributed by atoms with van der Waals surface area (Å²) in [6, 6.07) is 20.3. The summed E-state index contributed by atoms with van der Waals surface area (Å²) >= 11 is 6.10. The molecule has 2 heterocycles. The number of anilines is 2. The SMILES string of the molecule is Cc1nc(-c2ccccc2)nc(N2CCCN(C(=O)Nc3ccc(F)cc3F)CC2)c1Cc1ccc(Cl)cc1. The van der Waals surface area contributed by atoms with Crippen LogP contribution in [0.1, 0.15) is 23.2 Å². The summed E-state index contributed by atoms with van der Waals surface area (Å²) < 4.78 is 27.4. The van der Waals surface area contributed by atoms with E-state index in [0.29, 0.717) is 49.9 Å². The van der Waals surface area contributed by atoms with Gasteiger partial charge in [-0.25, -0.2) is 23.5 Å². The Balaban J connectivity index is 1.41. The van der Waals surface area contributed by atoms with Gasteiger partial charge in [0.25, 0.3) is 0 Å². The first kappa shape index (κ1) is 26.6. The number of urea groups is 1. The lowest BCUT2D eigenvalue weighted by Gasteiger charge is -2.26. The van der Waals surface area contributed by atoms with E-state index in [1.54, 1.807) is 4.90 Å². The van der Waals surface area contributed by atoms with Crippen molar-refractivity contribution < 1.29 is 13.6 Å². The first-order valence-corrected chi connectivity index (χ1v) is 13.2. The minimum absolute atomic E-state index is 0.0494. The number of nitrogens with zero attached hydrogens (tertiary/aromatic N) is 4. The minimum atomic E-state index is -0.809. The lowest BCUT2D eigenvalue weighted by molar-refractivity contribution is 0.215. The molecule has 1 aliphatic rings. The molecule has 0 spiro atoms. The van der Waals surface area contributed by atoms with Gasteiger partial charge in [-0.15, -0.1) is 0 Å². The zero-order chi connectivity index (χ0) is 27.4. The molecule has 3 aromatic carbocycles. The lowest BCUT2D eigenvalue weighted by atomic mass is 10.0. The number of aryl methyl sites for hydroxylation is 1. The van der Waals surface area contributed by atoms with E-state index in [0.717, 1.165) is 40.3 Å². The summed E-state index contributed by atoms with van der Waals surface area (Å²) in [6.07, 6.45) is 1.33. The maximum atomic E-state index is 14.1. The molecule has 1 aliphatic heterocycles. The van der Waals surface area contributed by atoms with Crippen LogP contribution in [0.15, 0.2) is 72.8 Å². The van der Waals surface area contributed by atoms with Crippen molar-refractivity contribution in [3.63, 3.8) is 0 Å². The fourth-order valence-corrected chi connectivity index (χ4v) is 4.82. The third kappa shape index (κ3) is 6.34. The minimum Gasteiger partial charge on any atom is -0.354 e. The lowest BCUT2D eigenvalue weighted by Crippen LogP contribution is -2.38. The number of rotatable bonds is 5. The van der Waals surface area contributed by atoms with E-state index in [1.807, 2.05) is 61.5 Å². The van der Waals surface area contributed by atoms with Crippen LogP contribution in [0.4, 0.5) is 25.1 Å². The predicted octanol–water partition coefficient (Wildman–Crippen LogP) is 6.72. The van der Waals surface area contributed by atoms with Crippen LogP contribution < -0.4 is 10.2 Å². The standard InChI is InChI=1S/C30H28ClF2N5O/c1-20-25(18-21-8-10-23(31)11-9-21)29(36-28(34-20)22-6-3-2-4-7-22)37-14-5-15-38(17-16-37)30(39)35-27-13-12-24(32)19-26(27)33/h2-4,6-13,19H,5,14-18H2,1H3,(H,35,39). The van der Waals surface area contributed by atoms with Gasteiger partial charge in [-0.3, -0.25) is 0 Å². The number of aromatic nitrogens is 2. The molecule has 0 unspecified atom stereocenters. The van der Waals surface area contributed by atoms with Crippen molar-refractivity contribution in [2.75, 3.05) is 36.4 Å². The smallest absolute Gasteiger partial charge is 0.321 e. The van der Waals surface area contributed by atoms with E-state index in [9.17, 15) is 13.6 Å². The molecule has 1 N–H and O–H groups in total. The normalized spacial score (nSPS) is 13.7. The van der Waals surface area contributed by atoms with E-state index in [4.69, 9.17) is 21.6 Å². The largest absolute Gasteiger partial charge is 0.354 e. The summed E-state index contributed by atoms with van der Waals surface area (Å²) in [6.45, 7) is 4.13. The second-order valence-electron chi connectivity index (χ2n) is 9.49. The van der Waals surface area contributed by atoms with Gasteiger partial charge in [0.05, 0.1) is 5.69 Å². The zero-order valence-corrected chi connectivity index (χ0v) is 22.3. The Bertz CT molecular complexity index is 1470. The molecule has 0 aliphatic carbocycles. The summed E-state index contributed by atoms with van der Waals surface area (Å²) in [7, 11) is 0. The molecule has 5 rings (SSSR count). The van der Waals surface area contributed by atoms with Gasteiger partial charge in [-0.1, -0.05) is 54.1 Å². The molecule has 200 valence electrons. The van der Waals surface area contributed by atoms with Crippen LogP contribution in [0.25, 0.3) is 11.4 Å². The molecule has 0 atom stereocenters. The molecule has 6 nitrogen and oxygen atoms in total. The van der Waals surface area contributed by atoms with Crippen molar-refractivity contribution >= 4 is 29.1 Å². The summed E-state index contributed by atoms with van der Waals surface area (Å²) in [4.78, 5) is 26.6. The highest BCUT2D eigenvalue weighted by Crippen LogP contribution is 2.29. The highest BCUT2D eigenvalue weighted by atomic mass is 35.5. The molecule has 9 heteroatoms. The number of benzene rings is 3. The van der Waals surface area contributed by atoms with E-state index >= 15 is 0 Å². The number of carbonyl (C=O) groups excluding carboxylic acids is 1. The molecule has 1 saturated heterocycles. The van der Waals surface area contributed by atoms with E-state index < -0.39 is 17.7 Å². The number of amides is 2. The van der Waals surface area contributed by atoms with Gasteiger partial charge >= 0.3 is 6.03 Å². The number of hydrogen-bond acceptors (Lipinski definition) is 4. The summed E-state index contributed by atoms with van der Waals surface area (Å²) in [5.41, 5.74) is 3.88. The van der Waals surface area contributed by atoms with Crippen LogP contribution >= 0.6 is 11.6 Å². The highest BCUT2D eigenvalue weighted by molar-refractivity contribution is 6.30. The van der Waals surface area contributed by atoms with Crippen molar-refractivity contribution in [3.05, 3.63) is 106 Å². The van der Waals surface area contributed by atoms with E-state index in [-0.39, 0.29) is 5.69 Å². The second-order valence-corrected chi connectivity index (χ2v) is 9.92. The Morgan fingerprint density at radius 2 is 1.72 bits per heavy atom. The first-order valence-electron chi connectivity index (χ1n) is 12.8. The van der Waals surface area contributed by atoms with Crippen LogP contribution in [0.5, 0.6) is 0 Å². The van der Waals surface area contributed by atoms with Gasteiger partial charge < -0.3 is 15.1 Å². The first-order chi connectivity index (χ1) is 18.9. The Labute approximate surface area is 231 Å². The third-order valence-electron chi connectivity index (χ3n) is 6.77. The number of halogens is 3. The third-order valence-corrected chi connectivity index (χ3v) is 7.03. The topological polar surface area (TPSA) is 61.4 Å². The fraction of sp³-hybridized carbons (Fsp3) is 0.233. The Kier molecular flexibility index (Phi) is 8.02. The molecule has 0 bridgehead atoms. The van der Waals surface area contributed by atoms with Crippen LogP contribution in [0.3, 0.4) is 0 Å². The average molecular weight is 548 g/mol. The highest BCUT2D eigenvalue weighted by Gasteiger charge is 2.24. The van der Waals surface area contributed by atoms with Crippen molar-refractivity contribution in [2.45, 2.75) is 19.8 Å². The Morgan fingerprint density at radius 3 is 2.46 bits per heavy atom. The average Bonchev–Trinajstić information content (AvgIpc) is 3.19. The number of carbonyl (C=O) groups is 1. The van der Waals surface area contributed by atoms with Crippen LogP contribution in [-0.2, 0) is 6.42 Å². The fourth-order valence-electron chi connectivity index (χ4n) is 4.69. The van der Waals surface area contributed by atoms with Crippen molar-refractivity contribution in [1.29, 1.82) is 0 Å². The summed E-state index contributed by atoms with van der Waals surface area (Å²) in [5.74, 6) is -0.0198. The molecule has 39 heavy (non-hydrogen) atoms. The second kappa shape index (κ2) is 11.8. The number of hydrogen-bond donors (Lipinski definition) is 1. The van der Waals surface area contributed by atoms with Crippen molar-refractivity contribution in [3.8, 4) is 11.4 Å². The molecule has 0 saturated carbocycles. The van der Waals surface area contributed by atoms with Crippen molar-refractivity contribution in [2.24, 2.45) is 0 Å². The van der Waals surface area contributed by atoms with Crippen LogP contribution in [-0.4, -0.2) is 47.1 Å². The van der Waals surface area contributed by atoms with E-state index in [1.165, 1.54) is 6.07 Å². The quantitative estimate of drug-likeness (QED) is 0.301. The van der Waals surface area contributed by atoms with Crippen molar-refractivity contribution in [1.82, 2.24) is 14.9 Å². The molecule has 2 amide bonds. The number of nitrogens with one attached hydrogen (secondary N) is 1. The zero-order valence-electron chi connectivity index (χ0n) is 21.5. The van der Waals surface area contributed by atoms with Gasteiger partial charge in [0.2, 0.25) is 0 Å². The van der Waals surface area contributed by atoms with Gasteiger partial charge in [0.15, 0.2) is 5.82 Å². The van der Waals surface area contributed by atoms with E-state index in [2.05, 4.69) is 10.2 Å². The monoisotopic (exact) mass is 547 g/mol. The predicted molar refractivity (Wildman–Crippen MR) is 150 cm³/mol. The molecule has 1 aromatic heterocycles. The van der Waals surface area contributed by atoms with Gasteiger partial charge in [0, 0.05) is 60.5 Å². The van der Waals surface area contributed by atoms with Gasteiger partial charge in [0.1, 0.15) is 17.5 Å². The maximum Gasteiger partial charge on any atom is 0.321 e. The summed E-state index contributed by atoms with van der Waals surface area (Å²) in [5, 5.41) is 3.25. The Morgan fingerprint density at radius 1 is 0.949 bits per heavy atom. The van der Waals surface area contributed by atoms with Crippen LogP contribution in [0.2, 0.25) is 5.02 Å². The van der Waals surface area contributed by atoms with Gasteiger partial charge in [-0.2, -0.15) is 0 Å². The molecule has 4 aromatic rings. The molecular weight excluding hydrogens is 520 g/mol. The molecular formula is C30H28ClF2N5O. The van der Waals surface area contributed by atoms with Crippen LogP contribution in [0, 0.1) is 18.6 Å². The maximum absolute atomic E-state index is 14.1.